The van der Waals surface area contributed by atoms with Gasteiger partial charge >= 0.3 is 5.97 Å². The summed E-state index contributed by atoms with van der Waals surface area (Å²) in [6.07, 6.45) is 5.84. The summed E-state index contributed by atoms with van der Waals surface area (Å²) in [5, 5.41) is 0.1000. The first-order chi connectivity index (χ1) is 12.4. The zero-order valence-electron chi connectivity index (χ0n) is 20.5. The fourth-order valence-corrected chi connectivity index (χ4v) is 4.37. The molecule has 4 nitrogen and oxygen atoms in total. The van der Waals surface area contributed by atoms with Crippen LogP contribution in [0, 0.1) is 5.92 Å². The fourth-order valence-electron chi connectivity index (χ4n) is 2.03. The molecule has 0 aliphatic rings. The molecule has 0 bridgehead atoms. The molecule has 0 heterocycles. The molecular weight excluding hydrogens is 384 g/mol. The molecule has 164 valence electrons. The highest BCUT2D eigenvalue weighted by molar-refractivity contribution is 6.74. The van der Waals surface area contributed by atoms with E-state index in [0.29, 0.717) is 5.76 Å². The minimum Gasteiger partial charge on any atom is -0.539 e. The van der Waals surface area contributed by atoms with E-state index in [0.717, 1.165) is 0 Å². The number of esters is 1. The third-order valence-corrected chi connectivity index (χ3v) is 14.9. The van der Waals surface area contributed by atoms with Crippen molar-refractivity contribution >= 4 is 22.6 Å². The van der Waals surface area contributed by atoms with Crippen LogP contribution in [0.3, 0.4) is 0 Å². The third-order valence-electron chi connectivity index (χ3n) is 6.11. The molecule has 2 atom stereocenters. The Morgan fingerprint density at radius 3 is 1.75 bits per heavy atom. The normalized spacial score (nSPS) is 16.8. The zero-order valence-corrected chi connectivity index (χ0v) is 22.5. The first kappa shape index (κ1) is 27.1. The second-order valence-electron chi connectivity index (χ2n) is 10.6. The number of hydrogen-bond acceptors (Lipinski definition) is 4. The lowest BCUT2D eigenvalue weighted by atomic mass is 10.0. The Hall–Kier alpha value is -0.856. The quantitative estimate of drug-likeness (QED) is 0.142. The monoisotopic (exact) mass is 428 g/mol. The number of methoxy groups -OCH3 is 1. The van der Waals surface area contributed by atoms with Gasteiger partial charge in [-0.25, -0.2) is 4.79 Å². The summed E-state index contributed by atoms with van der Waals surface area (Å²) in [4.78, 5) is 12.4. The van der Waals surface area contributed by atoms with Gasteiger partial charge < -0.3 is 13.6 Å². The molecule has 0 rings (SSSR count). The van der Waals surface area contributed by atoms with E-state index in [1.54, 1.807) is 0 Å². The lowest BCUT2D eigenvalue weighted by molar-refractivity contribution is -0.138. The number of carbonyl (C=O) groups is 1. The molecule has 0 aromatic carbocycles. The molecule has 0 radical (unpaired) electrons. The Morgan fingerprint density at radius 2 is 1.39 bits per heavy atom. The van der Waals surface area contributed by atoms with Crippen molar-refractivity contribution in [2.45, 2.75) is 97.8 Å². The Bertz CT molecular complexity index is 578. The van der Waals surface area contributed by atoms with Crippen LogP contribution in [0.25, 0.3) is 0 Å². The molecule has 0 aromatic heterocycles. The van der Waals surface area contributed by atoms with Gasteiger partial charge in [0.1, 0.15) is 0 Å². The maximum absolute atomic E-state index is 12.4. The highest BCUT2D eigenvalue weighted by Crippen LogP contribution is 2.40. The van der Waals surface area contributed by atoms with Gasteiger partial charge in [-0.05, 0) is 49.3 Å². The maximum atomic E-state index is 12.4. The second kappa shape index (κ2) is 9.76. The van der Waals surface area contributed by atoms with Crippen molar-refractivity contribution in [2.75, 3.05) is 7.11 Å². The molecule has 0 amide bonds. The molecule has 0 saturated carbocycles. The Morgan fingerprint density at radius 1 is 0.929 bits per heavy atom. The molecule has 0 fully saturated rings. The van der Waals surface area contributed by atoms with E-state index in [-0.39, 0.29) is 22.1 Å². The van der Waals surface area contributed by atoms with Crippen molar-refractivity contribution in [3.05, 3.63) is 24.0 Å². The van der Waals surface area contributed by atoms with Crippen molar-refractivity contribution in [1.82, 2.24) is 0 Å². The number of carbonyl (C=O) groups excluding carboxylic acids is 1. The summed E-state index contributed by atoms with van der Waals surface area (Å²) < 4.78 is 17.9. The van der Waals surface area contributed by atoms with Crippen LogP contribution in [0.1, 0.15) is 55.4 Å². The summed E-state index contributed by atoms with van der Waals surface area (Å²) in [6, 6.07) is 0. The van der Waals surface area contributed by atoms with Gasteiger partial charge in [0.25, 0.3) is 8.32 Å². The van der Waals surface area contributed by atoms with Crippen LogP contribution in [-0.2, 0) is 18.4 Å². The third kappa shape index (κ3) is 7.52. The van der Waals surface area contributed by atoms with Gasteiger partial charge in [-0.2, -0.15) is 0 Å². The van der Waals surface area contributed by atoms with Crippen LogP contribution >= 0.6 is 0 Å². The van der Waals surface area contributed by atoms with Crippen LogP contribution in [0.4, 0.5) is 0 Å². The van der Waals surface area contributed by atoms with Crippen LogP contribution in [-0.4, -0.2) is 35.8 Å². The first-order valence-corrected chi connectivity index (χ1v) is 16.0. The lowest BCUT2D eigenvalue weighted by Crippen LogP contribution is -2.45. The number of allylic oxidation sites excluding steroid dienone is 1. The van der Waals surface area contributed by atoms with Crippen LogP contribution < -0.4 is 0 Å². The van der Waals surface area contributed by atoms with Crippen LogP contribution in [0.2, 0.25) is 36.3 Å². The number of ether oxygens (including phenoxy) is 1. The van der Waals surface area contributed by atoms with Crippen LogP contribution in [0.5, 0.6) is 0 Å². The SMILES string of the molecule is C/C=C/[C@H](O[Si](C)(C)C(C)(C)C)[C@@H](C)/C=C(/O[Si](C)(C)C(C)(C)C)C(=O)OC. The van der Waals surface area contributed by atoms with Crippen molar-refractivity contribution in [1.29, 1.82) is 0 Å². The first-order valence-electron chi connectivity index (χ1n) is 10.2. The lowest BCUT2D eigenvalue weighted by Gasteiger charge is -2.40. The van der Waals surface area contributed by atoms with E-state index in [1.165, 1.54) is 7.11 Å². The predicted molar refractivity (Wildman–Crippen MR) is 124 cm³/mol. The highest BCUT2D eigenvalue weighted by atomic mass is 28.4. The molecular formula is C22H44O4Si2. The van der Waals surface area contributed by atoms with Gasteiger partial charge in [0, 0.05) is 5.92 Å². The number of hydrogen-bond donors (Lipinski definition) is 0. The van der Waals surface area contributed by atoms with Gasteiger partial charge in [0.2, 0.25) is 0 Å². The average Bonchev–Trinajstić information content (AvgIpc) is 2.50. The van der Waals surface area contributed by atoms with Gasteiger partial charge in [-0.15, -0.1) is 0 Å². The largest absolute Gasteiger partial charge is 0.539 e. The number of rotatable bonds is 8. The second-order valence-corrected chi connectivity index (χ2v) is 20.1. The summed E-state index contributed by atoms with van der Waals surface area (Å²) in [5.74, 6) is -0.151. The minimum atomic E-state index is -2.16. The Balaban J connectivity index is 5.88. The predicted octanol–water partition coefficient (Wildman–Crippen LogP) is 6.67. The molecule has 0 spiro atoms. The highest BCUT2D eigenvalue weighted by Gasteiger charge is 2.42. The molecule has 0 N–H and O–H groups in total. The average molecular weight is 429 g/mol. The summed E-state index contributed by atoms with van der Waals surface area (Å²) in [6.45, 7) is 25.9. The van der Waals surface area contributed by atoms with E-state index in [4.69, 9.17) is 13.6 Å². The van der Waals surface area contributed by atoms with E-state index >= 15 is 0 Å². The molecule has 0 aromatic rings. The van der Waals surface area contributed by atoms with Crippen molar-refractivity contribution in [3.63, 3.8) is 0 Å². The molecule has 6 heteroatoms. The maximum Gasteiger partial charge on any atom is 0.371 e. The summed E-state index contributed by atoms with van der Waals surface area (Å²) >= 11 is 0. The van der Waals surface area contributed by atoms with E-state index in [2.05, 4.69) is 80.7 Å². The van der Waals surface area contributed by atoms with Gasteiger partial charge in [0.05, 0.1) is 13.2 Å². The standard InChI is InChI=1S/C22H44O4Si2/c1-14-15-18(25-27(10,11)21(3,4)5)17(2)16-19(20(23)24-9)26-28(12,13)22(6,7)8/h14-18H,1-13H3/b15-14+,19-16+/t17-,18-/m0/s1. The minimum absolute atomic E-state index is 0.0102. The van der Waals surface area contributed by atoms with E-state index in [1.807, 2.05) is 19.1 Å². The smallest absolute Gasteiger partial charge is 0.371 e. The molecule has 0 saturated heterocycles. The van der Waals surface area contributed by atoms with Crippen LogP contribution in [0.15, 0.2) is 24.0 Å². The Kier molecular flexibility index (Phi) is 9.47. The molecule has 0 unspecified atom stereocenters. The van der Waals surface area contributed by atoms with Gasteiger partial charge in [0.15, 0.2) is 14.1 Å². The van der Waals surface area contributed by atoms with E-state index in [9.17, 15) is 4.79 Å². The molecule has 0 aliphatic carbocycles. The van der Waals surface area contributed by atoms with Gasteiger partial charge in [-0.3, -0.25) is 0 Å². The van der Waals surface area contributed by atoms with E-state index < -0.39 is 22.6 Å². The topological polar surface area (TPSA) is 44.8 Å². The molecule has 28 heavy (non-hydrogen) atoms. The molecule has 0 aliphatic heterocycles. The fraction of sp³-hybridized carbons (Fsp3) is 0.773. The van der Waals surface area contributed by atoms with Gasteiger partial charge in [-0.1, -0.05) is 60.6 Å². The van der Waals surface area contributed by atoms with Crippen molar-refractivity contribution in [2.24, 2.45) is 5.92 Å². The van der Waals surface area contributed by atoms with Crippen molar-refractivity contribution in [3.8, 4) is 0 Å². The Labute approximate surface area is 176 Å². The summed E-state index contributed by atoms with van der Waals surface area (Å²) in [5.41, 5.74) is 0. The summed E-state index contributed by atoms with van der Waals surface area (Å²) in [7, 11) is -2.73. The van der Waals surface area contributed by atoms with Crippen molar-refractivity contribution < 1.29 is 18.4 Å². The zero-order chi connectivity index (χ0) is 22.6.